The van der Waals surface area contributed by atoms with Crippen LogP contribution in [-0.4, -0.2) is 41.2 Å². The number of amides is 2. The number of benzene rings is 2. The van der Waals surface area contributed by atoms with Crippen LogP contribution in [0.5, 0.6) is 0 Å². The first-order valence-electron chi connectivity index (χ1n) is 8.92. The van der Waals surface area contributed by atoms with Gasteiger partial charge in [0.15, 0.2) is 6.10 Å². The first-order valence-corrected chi connectivity index (χ1v) is 8.92. The van der Waals surface area contributed by atoms with E-state index in [0.29, 0.717) is 11.1 Å². The van der Waals surface area contributed by atoms with Crippen LogP contribution in [0.3, 0.4) is 0 Å². The van der Waals surface area contributed by atoms with Gasteiger partial charge in [0, 0.05) is 17.5 Å². The van der Waals surface area contributed by atoms with Crippen molar-refractivity contribution >= 4 is 23.6 Å². The van der Waals surface area contributed by atoms with Gasteiger partial charge in [-0.2, -0.15) is 0 Å². The van der Waals surface area contributed by atoms with E-state index in [2.05, 4.69) is 5.43 Å². The molecule has 2 atom stereocenters. The van der Waals surface area contributed by atoms with Gasteiger partial charge in [-0.3, -0.25) is 29.6 Å². The number of ketones is 1. The molecule has 1 aliphatic heterocycles. The highest BCUT2D eigenvalue weighted by molar-refractivity contribution is 6.00. The summed E-state index contributed by atoms with van der Waals surface area (Å²) in [5.74, 6) is -2.51. The molecule has 1 N–H and O–H groups in total. The van der Waals surface area contributed by atoms with Gasteiger partial charge < -0.3 is 4.74 Å². The second-order valence-electron chi connectivity index (χ2n) is 6.52. The molecule has 2 aromatic carbocycles. The van der Waals surface area contributed by atoms with E-state index in [1.807, 2.05) is 0 Å². The zero-order valence-corrected chi connectivity index (χ0v) is 15.3. The van der Waals surface area contributed by atoms with E-state index < -0.39 is 23.9 Å². The summed E-state index contributed by atoms with van der Waals surface area (Å²) in [5, 5.41) is 1.12. The third-order valence-electron chi connectivity index (χ3n) is 4.45. The van der Waals surface area contributed by atoms with Crippen LogP contribution in [0.4, 0.5) is 0 Å². The van der Waals surface area contributed by atoms with Crippen molar-refractivity contribution in [2.45, 2.75) is 19.4 Å². The lowest BCUT2D eigenvalue weighted by Gasteiger charge is -2.18. The number of nitrogens with one attached hydrogen (secondary N) is 1. The number of hydrazine groups is 1. The average Bonchev–Trinajstić information content (AvgIpc) is 3.09. The summed E-state index contributed by atoms with van der Waals surface area (Å²) in [6, 6.07) is 17.0. The minimum atomic E-state index is -0.960. The Morgan fingerprint density at radius 3 is 2.18 bits per heavy atom. The molecule has 7 nitrogen and oxygen atoms in total. The first-order chi connectivity index (χ1) is 13.5. The number of rotatable bonds is 6. The van der Waals surface area contributed by atoms with Crippen LogP contribution >= 0.6 is 0 Å². The van der Waals surface area contributed by atoms with Gasteiger partial charge in [-0.25, -0.2) is 0 Å². The molecule has 28 heavy (non-hydrogen) atoms. The highest BCUT2D eigenvalue weighted by Crippen LogP contribution is 2.19. The van der Waals surface area contributed by atoms with E-state index in [1.54, 1.807) is 60.7 Å². The van der Waals surface area contributed by atoms with Gasteiger partial charge in [-0.1, -0.05) is 48.5 Å². The zero-order chi connectivity index (χ0) is 20.1. The Morgan fingerprint density at radius 1 is 1.00 bits per heavy atom. The second kappa shape index (κ2) is 8.47. The molecule has 1 aliphatic rings. The van der Waals surface area contributed by atoms with Crippen molar-refractivity contribution < 1.29 is 23.9 Å². The van der Waals surface area contributed by atoms with Crippen molar-refractivity contribution in [3.8, 4) is 0 Å². The van der Waals surface area contributed by atoms with E-state index in [0.717, 1.165) is 5.01 Å². The number of carbonyl (C=O) groups excluding carboxylic acids is 4. The summed E-state index contributed by atoms with van der Waals surface area (Å²) in [4.78, 5) is 49.0. The second-order valence-corrected chi connectivity index (χ2v) is 6.52. The lowest BCUT2D eigenvalue weighted by molar-refractivity contribution is -0.151. The third kappa shape index (κ3) is 4.43. The van der Waals surface area contributed by atoms with Gasteiger partial charge in [0.05, 0.1) is 12.5 Å². The molecule has 0 radical (unpaired) electrons. The molecule has 3 rings (SSSR count). The lowest BCUT2D eigenvalue weighted by atomic mass is 10.1. The number of carbonyl (C=O) groups is 4. The fourth-order valence-electron chi connectivity index (χ4n) is 2.91. The molecular weight excluding hydrogens is 360 g/mol. The predicted molar refractivity (Wildman–Crippen MR) is 100 cm³/mol. The van der Waals surface area contributed by atoms with Gasteiger partial charge in [-0.15, -0.1) is 0 Å². The monoisotopic (exact) mass is 380 g/mol. The largest absolute Gasteiger partial charge is 0.454 e. The number of hydrogen-bond acceptors (Lipinski definition) is 5. The summed E-state index contributed by atoms with van der Waals surface area (Å²) >= 11 is 0. The summed E-state index contributed by atoms with van der Waals surface area (Å²) in [6.07, 6.45) is -1.04. The average molecular weight is 380 g/mol. The van der Waals surface area contributed by atoms with Crippen LogP contribution in [0.1, 0.15) is 34.1 Å². The van der Waals surface area contributed by atoms with Crippen molar-refractivity contribution in [1.82, 2.24) is 10.4 Å². The maximum absolute atomic E-state index is 12.4. The minimum Gasteiger partial charge on any atom is -0.454 e. The van der Waals surface area contributed by atoms with Crippen molar-refractivity contribution in [2.75, 3.05) is 6.54 Å². The molecule has 7 heteroatoms. The topological polar surface area (TPSA) is 92.8 Å². The van der Waals surface area contributed by atoms with Gasteiger partial charge >= 0.3 is 5.97 Å². The molecule has 1 saturated heterocycles. The molecule has 0 aliphatic carbocycles. The molecule has 1 heterocycles. The number of hydrogen-bond donors (Lipinski definition) is 1. The van der Waals surface area contributed by atoms with Crippen molar-refractivity contribution in [3.63, 3.8) is 0 Å². The van der Waals surface area contributed by atoms with Crippen LogP contribution in [0.2, 0.25) is 0 Å². The summed E-state index contributed by atoms with van der Waals surface area (Å²) in [7, 11) is 0. The van der Waals surface area contributed by atoms with Gasteiger partial charge in [-0.05, 0) is 19.1 Å². The van der Waals surface area contributed by atoms with Crippen LogP contribution in [-0.2, 0) is 14.3 Å². The third-order valence-corrected chi connectivity index (χ3v) is 4.45. The van der Waals surface area contributed by atoms with E-state index in [9.17, 15) is 19.2 Å². The fraction of sp³-hybridized carbons (Fsp3) is 0.238. The Hall–Kier alpha value is -3.48. The summed E-state index contributed by atoms with van der Waals surface area (Å²) in [5.41, 5.74) is 3.35. The van der Waals surface area contributed by atoms with Gasteiger partial charge in [0.2, 0.25) is 11.7 Å². The summed E-state index contributed by atoms with van der Waals surface area (Å²) < 4.78 is 5.26. The molecule has 0 bridgehead atoms. The predicted octanol–water partition coefficient (Wildman–Crippen LogP) is 1.99. The van der Waals surface area contributed by atoms with Crippen molar-refractivity contribution in [1.29, 1.82) is 0 Å². The highest BCUT2D eigenvalue weighted by Gasteiger charge is 2.37. The molecule has 0 aromatic heterocycles. The van der Waals surface area contributed by atoms with Crippen LogP contribution in [0.25, 0.3) is 0 Å². The number of Topliss-reactive ketones (excluding diaryl/α,β-unsaturated/α-hetero) is 1. The van der Waals surface area contributed by atoms with E-state index in [1.165, 1.54) is 6.92 Å². The minimum absolute atomic E-state index is 0.00247. The molecule has 0 unspecified atom stereocenters. The molecule has 2 amide bonds. The molecule has 144 valence electrons. The Bertz CT molecular complexity index is 882. The first kappa shape index (κ1) is 19.3. The van der Waals surface area contributed by atoms with Crippen LogP contribution in [0, 0.1) is 5.92 Å². The smallest absolute Gasteiger partial charge is 0.312 e. The van der Waals surface area contributed by atoms with E-state index in [4.69, 9.17) is 4.74 Å². The van der Waals surface area contributed by atoms with Crippen molar-refractivity contribution in [3.05, 3.63) is 71.8 Å². The fourth-order valence-corrected chi connectivity index (χ4v) is 2.91. The van der Waals surface area contributed by atoms with E-state index >= 15 is 0 Å². The Balaban J connectivity index is 1.56. The van der Waals surface area contributed by atoms with Gasteiger partial charge in [0.1, 0.15) is 0 Å². The zero-order valence-electron chi connectivity index (χ0n) is 15.3. The molecule has 0 saturated carbocycles. The summed E-state index contributed by atoms with van der Waals surface area (Å²) in [6.45, 7) is 1.50. The number of esters is 1. The van der Waals surface area contributed by atoms with Gasteiger partial charge in [0.25, 0.3) is 5.91 Å². The number of nitrogens with zero attached hydrogens (tertiary/aromatic N) is 1. The maximum Gasteiger partial charge on any atom is 0.312 e. The molecule has 2 aromatic rings. The molecule has 0 spiro atoms. The van der Waals surface area contributed by atoms with E-state index in [-0.39, 0.29) is 24.7 Å². The quantitative estimate of drug-likeness (QED) is 0.611. The standard InChI is InChI=1S/C21H20N2O5/c1-14(19(25)15-8-4-2-5-9-15)28-21(27)17-12-18(24)23(13-17)22-20(26)16-10-6-3-7-11-16/h2-11,14,17H,12-13H2,1H3,(H,22,26)/t14-,17+/m1/s1. The molecular formula is C21H20N2O5. The lowest BCUT2D eigenvalue weighted by Crippen LogP contribution is -2.43. The van der Waals surface area contributed by atoms with Crippen molar-refractivity contribution in [2.24, 2.45) is 5.92 Å². The Labute approximate surface area is 162 Å². The van der Waals surface area contributed by atoms with Crippen LogP contribution in [0.15, 0.2) is 60.7 Å². The Kier molecular flexibility index (Phi) is 5.84. The highest BCUT2D eigenvalue weighted by atomic mass is 16.5. The van der Waals surface area contributed by atoms with Crippen LogP contribution < -0.4 is 5.43 Å². The SMILES string of the molecule is C[C@@H](OC(=O)[C@H]1CC(=O)N(NC(=O)c2ccccc2)C1)C(=O)c1ccccc1. The normalized spacial score (nSPS) is 17.1. The molecule has 1 fully saturated rings. The maximum atomic E-state index is 12.4. The Morgan fingerprint density at radius 2 is 1.57 bits per heavy atom. The number of ether oxygens (including phenoxy) is 1.